The van der Waals surface area contributed by atoms with Crippen LogP contribution >= 0.6 is 0 Å². The van der Waals surface area contributed by atoms with Crippen molar-refractivity contribution in [3.63, 3.8) is 0 Å². The average molecular weight is 226 g/mol. The molecule has 86 valence electrons. The third kappa shape index (κ3) is 2.75. The van der Waals surface area contributed by atoms with Gasteiger partial charge < -0.3 is 10.4 Å². The Morgan fingerprint density at radius 3 is 2.81 bits per heavy atom. The molecule has 1 unspecified atom stereocenters. The van der Waals surface area contributed by atoms with Crippen molar-refractivity contribution in [2.24, 2.45) is 0 Å². The molecule has 0 aromatic carbocycles. The summed E-state index contributed by atoms with van der Waals surface area (Å²) in [6, 6.07) is 1.62. The minimum absolute atomic E-state index is 0.225. The summed E-state index contributed by atoms with van der Waals surface area (Å²) in [5.41, 5.74) is -0.262. The van der Waals surface area contributed by atoms with E-state index in [2.05, 4.69) is 10.3 Å². The molecular weight excluding hydrogens is 215 g/mol. The Balaban J connectivity index is 2.80. The molecular formula is C10H11FN2O3. The Labute approximate surface area is 91.3 Å². The number of nitrogens with one attached hydrogen (secondary N) is 1. The van der Waals surface area contributed by atoms with Gasteiger partial charge in [-0.15, -0.1) is 0 Å². The maximum absolute atomic E-state index is 13.1. The maximum atomic E-state index is 13.1. The summed E-state index contributed by atoms with van der Waals surface area (Å²) in [7, 11) is 0. The van der Waals surface area contributed by atoms with Gasteiger partial charge in [0.15, 0.2) is 0 Å². The Kier molecular flexibility index (Phi) is 3.93. The van der Waals surface area contributed by atoms with Crippen LogP contribution in [0.1, 0.15) is 23.7 Å². The van der Waals surface area contributed by atoms with E-state index in [-0.39, 0.29) is 12.0 Å². The predicted molar refractivity (Wildman–Crippen MR) is 53.4 cm³/mol. The molecule has 1 atom stereocenters. The van der Waals surface area contributed by atoms with Gasteiger partial charge >= 0.3 is 5.97 Å². The fourth-order valence-electron chi connectivity index (χ4n) is 1.13. The highest BCUT2D eigenvalue weighted by molar-refractivity contribution is 5.96. The van der Waals surface area contributed by atoms with Gasteiger partial charge in [0.05, 0.1) is 5.56 Å². The number of carboxylic acid groups (broad SMARTS) is 1. The van der Waals surface area contributed by atoms with Crippen LogP contribution in [0.2, 0.25) is 0 Å². The van der Waals surface area contributed by atoms with E-state index in [1.807, 2.05) is 0 Å². The molecule has 6 heteroatoms. The normalized spacial score (nSPS) is 11.9. The molecule has 2 N–H and O–H groups in total. The first kappa shape index (κ1) is 12.1. The third-order valence-corrected chi connectivity index (χ3v) is 2.02. The van der Waals surface area contributed by atoms with Gasteiger partial charge in [-0.2, -0.15) is 4.39 Å². The summed E-state index contributed by atoms with van der Waals surface area (Å²) in [5, 5.41) is 10.9. The van der Waals surface area contributed by atoms with E-state index in [0.717, 1.165) is 0 Å². The summed E-state index contributed by atoms with van der Waals surface area (Å²) >= 11 is 0. The van der Waals surface area contributed by atoms with E-state index < -0.39 is 23.9 Å². The third-order valence-electron chi connectivity index (χ3n) is 2.02. The summed E-state index contributed by atoms with van der Waals surface area (Å²) in [5.74, 6) is -2.85. The summed E-state index contributed by atoms with van der Waals surface area (Å²) in [6.07, 6.45) is 1.43. The summed E-state index contributed by atoms with van der Waals surface area (Å²) < 4.78 is 13.1. The van der Waals surface area contributed by atoms with Crippen LogP contribution in [0.15, 0.2) is 18.3 Å². The van der Waals surface area contributed by atoms with Crippen LogP contribution in [0.3, 0.4) is 0 Å². The zero-order valence-corrected chi connectivity index (χ0v) is 8.61. The molecule has 1 heterocycles. The van der Waals surface area contributed by atoms with Crippen molar-refractivity contribution < 1.29 is 19.1 Å². The van der Waals surface area contributed by atoms with Crippen LogP contribution in [0.25, 0.3) is 0 Å². The maximum Gasteiger partial charge on any atom is 0.326 e. The van der Waals surface area contributed by atoms with Gasteiger partial charge in [0, 0.05) is 6.20 Å². The van der Waals surface area contributed by atoms with Gasteiger partial charge in [0.25, 0.3) is 5.91 Å². The van der Waals surface area contributed by atoms with Gasteiger partial charge in [0.1, 0.15) is 6.04 Å². The Hall–Kier alpha value is -1.98. The fraction of sp³-hybridized carbons (Fsp3) is 0.300. The molecule has 0 saturated carbocycles. The second-order valence-electron chi connectivity index (χ2n) is 3.11. The van der Waals surface area contributed by atoms with Crippen molar-refractivity contribution in [3.8, 4) is 0 Å². The molecule has 0 spiro atoms. The summed E-state index contributed by atoms with van der Waals surface area (Å²) in [6.45, 7) is 1.61. The van der Waals surface area contributed by atoms with Gasteiger partial charge in [-0.05, 0) is 18.6 Å². The zero-order valence-electron chi connectivity index (χ0n) is 8.61. The van der Waals surface area contributed by atoms with Crippen LogP contribution in [-0.4, -0.2) is 28.0 Å². The molecule has 1 aromatic rings. The second-order valence-corrected chi connectivity index (χ2v) is 3.11. The first-order chi connectivity index (χ1) is 7.56. The van der Waals surface area contributed by atoms with E-state index in [4.69, 9.17) is 5.11 Å². The zero-order chi connectivity index (χ0) is 12.1. The van der Waals surface area contributed by atoms with E-state index in [0.29, 0.717) is 0 Å². The average Bonchev–Trinajstić information content (AvgIpc) is 2.25. The fourth-order valence-corrected chi connectivity index (χ4v) is 1.13. The van der Waals surface area contributed by atoms with Gasteiger partial charge in [-0.3, -0.25) is 4.79 Å². The van der Waals surface area contributed by atoms with Crippen LogP contribution in [0.4, 0.5) is 4.39 Å². The van der Waals surface area contributed by atoms with Crippen LogP contribution in [0, 0.1) is 5.95 Å². The van der Waals surface area contributed by atoms with Crippen LogP contribution in [0.5, 0.6) is 0 Å². The SMILES string of the molecule is CCC(NC(=O)c1cccnc1F)C(=O)O. The molecule has 0 radical (unpaired) electrons. The number of carbonyl (C=O) groups is 2. The molecule has 0 bridgehead atoms. The Morgan fingerprint density at radius 1 is 1.62 bits per heavy atom. The number of nitrogens with zero attached hydrogens (tertiary/aromatic N) is 1. The van der Waals surface area contributed by atoms with Crippen LogP contribution < -0.4 is 5.32 Å². The standard InChI is InChI=1S/C10H11FN2O3/c1-2-7(10(15)16)13-9(14)6-4-3-5-12-8(6)11/h3-5,7H,2H2,1H3,(H,13,14)(H,15,16). The molecule has 0 aliphatic rings. The first-order valence-electron chi connectivity index (χ1n) is 4.70. The first-order valence-corrected chi connectivity index (χ1v) is 4.70. The van der Waals surface area contributed by atoms with Crippen molar-refractivity contribution >= 4 is 11.9 Å². The van der Waals surface area contributed by atoms with Gasteiger partial charge in [-0.25, -0.2) is 9.78 Å². The number of aliphatic carboxylic acids is 1. The largest absolute Gasteiger partial charge is 0.480 e. The molecule has 5 nitrogen and oxygen atoms in total. The molecule has 16 heavy (non-hydrogen) atoms. The topological polar surface area (TPSA) is 79.3 Å². The minimum Gasteiger partial charge on any atom is -0.480 e. The van der Waals surface area contributed by atoms with Crippen molar-refractivity contribution in [2.45, 2.75) is 19.4 Å². The van der Waals surface area contributed by atoms with E-state index in [9.17, 15) is 14.0 Å². The highest BCUT2D eigenvalue weighted by Crippen LogP contribution is 2.04. The highest BCUT2D eigenvalue weighted by Gasteiger charge is 2.20. The number of aromatic nitrogens is 1. The highest BCUT2D eigenvalue weighted by atomic mass is 19.1. The molecule has 1 aromatic heterocycles. The van der Waals surface area contributed by atoms with E-state index in [1.165, 1.54) is 18.3 Å². The minimum atomic E-state index is -1.15. The Morgan fingerprint density at radius 2 is 2.31 bits per heavy atom. The number of rotatable bonds is 4. The van der Waals surface area contributed by atoms with Crippen molar-refractivity contribution in [1.29, 1.82) is 0 Å². The molecule has 0 aliphatic carbocycles. The van der Waals surface area contributed by atoms with Crippen molar-refractivity contribution in [2.75, 3.05) is 0 Å². The number of hydrogen-bond donors (Lipinski definition) is 2. The lowest BCUT2D eigenvalue weighted by atomic mass is 10.2. The number of pyridine rings is 1. The molecule has 1 amide bonds. The lowest BCUT2D eigenvalue weighted by molar-refractivity contribution is -0.139. The number of carbonyl (C=O) groups excluding carboxylic acids is 1. The number of amides is 1. The van der Waals surface area contributed by atoms with Crippen molar-refractivity contribution in [3.05, 3.63) is 29.8 Å². The molecule has 0 saturated heterocycles. The van der Waals surface area contributed by atoms with E-state index in [1.54, 1.807) is 6.92 Å². The smallest absolute Gasteiger partial charge is 0.326 e. The van der Waals surface area contributed by atoms with Crippen LogP contribution in [-0.2, 0) is 4.79 Å². The van der Waals surface area contributed by atoms with Gasteiger partial charge in [0.2, 0.25) is 5.95 Å². The number of hydrogen-bond acceptors (Lipinski definition) is 3. The molecule has 1 rings (SSSR count). The number of halogens is 1. The van der Waals surface area contributed by atoms with Crippen molar-refractivity contribution in [1.82, 2.24) is 10.3 Å². The van der Waals surface area contributed by atoms with Gasteiger partial charge in [-0.1, -0.05) is 6.92 Å². The monoisotopic (exact) mass is 226 g/mol. The second kappa shape index (κ2) is 5.20. The number of carboxylic acids is 1. The lowest BCUT2D eigenvalue weighted by Crippen LogP contribution is -2.40. The van der Waals surface area contributed by atoms with E-state index >= 15 is 0 Å². The predicted octanol–water partition coefficient (Wildman–Crippen LogP) is 0.814. The summed E-state index contributed by atoms with van der Waals surface area (Å²) in [4.78, 5) is 25.4. The quantitative estimate of drug-likeness (QED) is 0.745. The Bertz CT molecular complexity index is 409. The lowest BCUT2D eigenvalue weighted by Gasteiger charge is -2.11. The molecule has 0 aliphatic heterocycles. The molecule has 0 fully saturated rings.